The Kier molecular flexibility index (Phi) is 9.14. The zero-order valence-corrected chi connectivity index (χ0v) is 15.1. The van der Waals surface area contributed by atoms with E-state index in [4.69, 9.17) is 14.2 Å². The Labute approximate surface area is 149 Å². The van der Waals surface area contributed by atoms with Crippen molar-refractivity contribution in [2.75, 3.05) is 26.4 Å². The van der Waals surface area contributed by atoms with Crippen LogP contribution in [0.15, 0.2) is 36.9 Å². The molecule has 0 aromatic heterocycles. The van der Waals surface area contributed by atoms with Crippen LogP contribution in [-0.2, 0) is 14.3 Å². The molecule has 0 heterocycles. The SMILES string of the molecule is C=CC(=O)OCCNC(=O)OCCOc1ccc(C(C)C(C)C)cc1. The summed E-state index contributed by atoms with van der Waals surface area (Å²) in [5.41, 5.74) is 1.27. The fraction of sp³-hybridized carbons (Fsp3) is 0.474. The average Bonchev–Trinajstić information content (AvgIpc) is 2.61. The van der Waals surface area contributed by atoms with Gasteiger partial charge in [-0.1, -0.05) is 39.5 Å². The molecule has 0 aliphatic rings. The molecule has 0 saturated heterocycles. The second-order valence-corrected chi connectivity index (χ2v) is 5.88. The summed E-state index contributed by atoms with van der Waals surface area (Å²) in [7, 11) is 0. The van der Waals surface area contributed by atoms with Crippen molar-refractivity contribution < 1.29 is 23.8 Å². The van der Waals surface area contributed by atoms with E-state index in [1.54, 1.807) is 0 Å². The van der Waals surface area contributed by atoms with Gasteiger partial charge in [-0.05, 0) is 29.5 Å². The number of benzene rings is 1. The van der Waals surface area contributed by atoms with E-state index in [2.05, 4.69) is 44.8 Å². The largest absolute Gasteiger partial charge is 0.490 e. The summed E-state index contributed by atoms with van der Waals surface area (Å²) >= 11 is 0. The van der Waals surface area contributed by atoms with E-state index in [0.717, 1.165) is 11.8 Å². The van der Waals surface area contributed by atoms with Gasteiger partial charge in [-0.15, -0.1) is 0 Å². The van der Waals surface area contributed by atoms with Crippen LogP contribution < -0.4 is 10.1 Å². The van der Waals surface area contributed by atoms with Gasteiger partial charge in [0.15, 0.2) is 0 Å². The predicted molar refractivity (Wildman–Crippen MR) is 95.7 cm³/mol. The lowest BCUT2D eigenvalue weighted by molar-refractivity contribution is -0.137. The molecule has 138 valence electrons. The molecule has 1 unspecified atom stereocenters. The van der Waals surface area contributed by atoms with Crippen LogP contribution in [0, 0.1) is 5.92 Å². The Morgan fingerprint density at radius 1 is 1.08 bits per heavy atom. The molecule has 0 spiro atoms. The highest BCUT2D eigenvalue weighted by atomic mass is 16.6. The Hall–Kier alpha value is -2.50. The minimum absolute atomic E-state index is 0.0671. The molecule has 6 heteroatoms. The molecule has 25 heavy (non-hydrogen) atoms. The number of carbonyl (C=O) groups is 2. The summed E-state index contributed by atoms with van der Waals surface area (Å²) in [6.45, 7) is 10.5. The second-order valence-electron chi connectivity index (χ2n) is 5.88. The highest BCUT2D eigenvalue weighted by Gasteiger charge is 2.09. The van der Waals surface area contributed by atoms with Crippen LogP contribution >= 0.6 is 0 Å². The maximum atomic E-state index is 11.4. The van der Waals surface area contributed by atoms with E-state index in [1.165, 1.54) is 5.56 Å². The van der Waals surface area contributed by atoms with E-state index >= 15 is 0 Å². The minimum Gasteiger partial charge on any atom is -0.490 e. The van der Waals surface area contributed by atoms with Crippen molar-refractivity contribution in [1.29, 1.82) is 0 Å². The van der Waals surface area contributed by atoms with Gasteiger partial charge in [0.05, 0.1) is 6.54 Å². The second kappa shape index (κ2) is 11.1. The van der Waals surface area contributed by atoms with Crippen LogP contribution in [0.3, 0.4) is 0 Å². The van der Waals surface area contributed by atoms with Crippen LogP contribution in [-0.4, -0.2) is 38.4 Å². The number of hydrogen-bond donors (Lipinski definition) is 1. The van der Waals surface area contributed by atoms with Crippen molar-refractivity contribution in [2.24, 2.45) is 5.92 Å². The molecule has 1 aromatic carbocycles. The van der Waals surface area contributed by atoms with Gasteiger partial charge >= 0.3 is 12.1 Å². The monoisotopic (exact) mass is 349 g/mol. The Morgan fingerprint density at radius 2 is 1.76 bits per heavy atom. The molecule has 0 aliphatic heterocycles. The summed E-state index contributed by atoms with van der Waals surface area (Å²) in [4.78, 5) is 22.2. The molecule has 1 amide bonds. The number of ether oxygens (including phenoxy) is 3. The van der Waals surface area contributed by atoms with Crippen LogP contribution in [0.5, 0.6) is 5.75 Å². The van der Waals surface area contributed by atoms with Crippen LogP contribution in [0.4, 0.5) is 4.79 Å². The fourth-order valence-corrected chi connectivity index (χ4v) is 1.96. The molecule has 1 atom stereocenters. The molecule has 0 saturated carbocycles. The third-order valence-corrected chi connectivity index (χ3v) is 3.77. The molecule has 1 aromatic rings. The summed E-state index contributed by atoms with van der Waals surface area (Å²) < 4.78 is 15.2. The van der Waals surface area contributed by atoms with Gasteiger partial charge in [0, 0.05) is 6.08 Å². The first-order chi connectivity index (χ1) is 11.9. The van der Waals surface area contributed by atoms with Crippen molar-refractivity contribution in [3.05, 3.63) is 42.5 Å². The van der Waals surface area contributed by atoms with Gasteiger partial charge in [-0.2, -0.15) is 0 Å². The molecular formula is C19H27NO5. The number of hydrogen-bond acceptors (Lipinski definition) is 5. The van der Waals surface area contributed by atoms with Crippen LogP contribution in [0.1, 0.15) is 32.3 Å². The maximum Gasteiger partial charge on any atom is 0.407 e. The molecule has 0 bridgehead atoms. The number of alkyl carbamates (subject to hydrolysis) is 1. The van der Waals surface area contributed by atoms with E-state index in [1.807, 2.05) is 12.1 Å². The molecule has 6 nitrogen and oxygen atoms in total. The first-order valence-corrected chi connectivity index (χ1v) is 8.36. The summed E-state index contributed by atoms with van der Waals surface area (Å²) in [6, 6.07) is 7.95. The van der Waals surface area contributed by atoms with Crippen molar-refractivity contribution >= 4 is 12.1 Å². The number of amides is 1. The lowest BCUT2D eigenvalue weighted by Crippen LogP contribution is -2.29. The van der Waals surface area contributed by atoms with Gasteiger partial charge in [-0.3, -0.25) is 0 Å². The van der Waals surface area contributed by atoms with Gasteiger partial charge in [-0.25, -0.2) is 9.59 Å². The molecule has 0 fully saturated rings. The van der Waals surface area contributed by atoms with Gasteiger partial charge in [0.25, 0.3) is 0 Å². The summed E-state index contributed by atoms with van der Waals surface area (Å²) in [5, 5.41) is 2.46. The highest BCUT2D eigenvalue weighted by Crippen LogP contribution is 2.25. The Morgan fingerprint density at radius 3 is 2.36 bits per heavy atom. The van der Waals surface area contributed by atoms with Crippen LogP contribution in [0.2, 0.25) is 0 Å². The quantitative estimate of drug-likeness (QED) is 0.399. The van der Waals surface area contributed by atoms with Crippen molar-refractivity contribution in [2.45, 2.75) is 26.7 Å². The Balaban J connectivity index is 2.17. The normalized spacial score (nSPS) is 11.5. The lowest BCUT2D eigenvalue weighted by Gasteiger charge is -2.16. The maximum absolute atomic E-state index is 11.4. The van der Waals surface area contributed by atoms with Gasteiger partial charge in [0.1, 0.15) is 25.6 Å². The smallest absolute Gasteiger partial charge is 0.407 e. The average molecular weight is 349 g/mol. The van der Waals surface area contributed by atoms with Crippen molar-refractivity contribution in [3.8, 4) is 5.75 Å². The van der Waals surface area contributed by atoms with E-state index in [9.17, 15) is 9.59 Å². The lowest BCUT2D eigenvalue weighted by atomic mass is 9.90. The number of carbonyl (C=O) groups excluding carboxylic acids is 2. The zero-order chi connectivity index (χ0) is 18.7. The van der Waals surface area contributed by atoms with Crippen molar-refractivity contribution in [3.63, 3.8) is 0 Å². The molecular weight excluding hydrogens is 322 g/mol. The number of nitrogens with one attached hydrogen (secondary N) is 1. The van der Waals surface area contributed by atoms with Gasteiger partial charge in [0.2, 0.25) is 0 Å². The predicted octanol–water partition coefficient (Wildman–Crippen LogP) is 3.28. The van der Waals surface area contributed by atoms with Crippen LogP contribution in [0.25, 0.3) is 0 Å². The minimum atomic E-state index is -0.584. The van der Waals surface area contributed by atoms with E-state index in [0.29, 0.717) is 11.8 Å². The standard InChI is InChI=1S/C19H27NO5/c1-5-18(21)24-11-10-20-19(22)25-13-12-23-17-8-6-16(7-9-17)15(4)14(2)3/h5-9,14-15H,1,10-13H2,2-4H3,(H,20,22). The first kappa shape index (κ1) is 20.5. The Bertz CT molecular complexity index is 553. The fourth-order valence-electron chi connectivity index (χ4n) is 1.96. The number of esters is 1. The van der Waals surface area contributed by atoms with E-state index < -0.39 is 12.1 Å². The third-order valence-electron chi connectivity index (χ3n) is 3.77. The molecule has 0 aliphatic carbocycles. The first-order valence-electron chi connectivity index (χ1n) is 8.36. The zero-order valence-electron chi connectivity index (χ0n) is 15.1. The summed E-state index contributed by atoms with van der Waals surface area (Å²) in [5.74, 6) is 1.28. The molecule has 0 radical (unpaired) electrons. The number of rotatable bonds is 10. The third kappa shape index (κ3) is 8.24. The summed E-state index contributed by atoms with van der Waals surface area (Å²) in [6.07, 6.45) is 0.477. The topological polar surface area (TPSA) is 73.9 Å². The molecule has 1 rings (SSSR count). The molecule has 1 N–H and O–H groups in total. The van der Waals surface area contributed by atoms with Crippen molar-refractivity contribution in [1.82, 2.24) is 5.32 Å². The van der Waals surface area contributed by atoms with Gasteiger partial charge < -0.3 is 19.5 Å². The highest BCUT2D eigenvalue weighted by molar-refractivity contribution is 5.81. The van der Waals surface area contributed by atoms with E-state index in [-0.39, 0.29) is 26.4 Å².